The number of guanidine groups is 1. The number of rotatable bonds is 7. The van der Waals surface area contributed by atoms with Crippen LogP contribution in [-0.2, 0) is 6.42 Å². The van der Waals surface area contributed by atoms with E-state index in [2.05, 4.69) is 61.4 Å². The first-order valence-corrected chi connectivity index (χ1v) is 7.59. The molecule has 1 aromatic rings. The lowest BCUT2D eigenvalue weighted by Crippen LogP contribution is -2.38. The molecule has 1 heterocycles. The van der Waals surface area contributed by atoms with E-state index in [9.17, 15) is 0 Å². The SMILES string of the molecule is CCNC(=NCC(C)C)NCCc1ccn(C(C)C)n1.I. The Bertz CT molecular complexity index is 412. The van der Waals surface area contributed by atoms with Gasteiger partial charge in [-0.15, -0.1) is 24.0 Å². The van der Waals surface area contributed by atoms with Crippen LogP contribution in [0.1, 0.15) is 46.4 Å². The molecule has 0 unspecified atom stereocenters. The summed E-state index contributed by atoms with van der Waals surface area (Å²) >= 11 is 0. The summed E-state index contributed by atoms with van der Waals surface area (Å²) in [6.45, 7) is 13.3. The van der Waals surface area contributed by atoms with Gasteiger partial charge in [0.1, 0.15) is 0 Å². The van der Waals surface area contributed by atoms with Crippen LogP contribution in [0.2, 0.25) is 0 Å². The first-order chi connectivity index (χ1) is 9.52. The highest BCUT2D eigenvalue weighted by atomic mass is 127. The maximum Gasteiger partial charge on any atom is 0.191 e. The van der Waals surface area contributed by atoms with Gasteiger partial charge in [-0.2, -0.15) is 5.10 Å². The summed E-state index contributed by atoms with van der Waals surface area (Å²) in [5, 5.41) is 11.2. The lowest BCUT2D eigenvalue weighted by molar-refractivity contribution is 0.526. The molecule has 0 aliphatic rings. The molecule has 0 atom stereocenters. The van der Waals surface area contributed by atoms with Gasteiger partial charge >= 0.3 is 0 Å². The van der Waals surface area contributed by atoms with E-state index in [1.807, 2.05) is 10.9 Å². The van der Waals surface area contributed by atoms with E-state index in [4.69, 9.17) is 0 Å². The number of nitrogens with one attached hydrogen (secondary N) is 2. The van der Waals surface area contributed by atoms with E-state index in [-0.39, 0.29) is 24.0 Å². The van der Waals surface area contributed by atoms with Gasteiger partial charge in [-0.3, -0.25) is 9.67 Å². The molecule has 0 aliphatic heterocycles. The fraction of sp³-hybridized carbons (Fsp3) is 0.733. The maximum atomic E-state index is 4.55. The fourth-order valence-corrected chi connectivity index (χ4v) is 1.72. The van der Waals surface area contributed by atoms with Crippen LogP contribution < -0.4 is 10.6 Å². The monoisotopic (exact) mass is 407 g/mol. The normalized spacial score (nSPS) is 11.7. The second-order valence-electron chi connectivity index (χ2n) is 5.67. The Morgan fingerprint density at radius 1 is 1.29 bits per heavy atom. The molecule has 122 valence electrons. The van der Waals surface area contributed by atoms with Crippen LogP contribution in [0.25, 0.3) is 0 Å². The lowest BCUT2D eigenvalue weighted by atomic mass is 10.2. The molecule has 0 saturated carbocycles. The van der Waals surface area contributed by atoms with Gasteiger partial charge in [0, 0.05) is 38.3 Å². The topological polar surface area (TPSA) is 54.2 Å². The van der Waals surface area contributed by atoms with Crippen molar-refractivity contribution >= 4 is 29.9 Å². The first-order valence-electron chi connectivity index (χ1n) is 7.59. The Hall–Kier alpha value is -0.790. The molecule has 0 aromatic carbocycles. The van der Waals surface area contributed by atoms with E-state index in [1.54, 1.807) is 0 Å². The van der Waals surface area contributed by atoms with Crippen LogP contribution in [0.5, 0.6) is 0 Å². The molecular formula is C15H30IN5. The molecule has 1 aromatic heterocycles. The van der Waals surface area contributed by atoms with E-state index >= 15 is 0 Å². The second-order valence-corrected chi connectivity index (χ2v) is 5.67. The van der Waals surface area contributed by atoms with Gasteiger partial charge < -0.3 is 10.6 Å². The number of hydrogen-bond donors (Lipinski definition) is 2. The minimum absolute atomic E-state index is 0. The molecule has 0 radical (unpaired) electrons. The summed E-state index contributed by atoms with van der Waals surface area (Å²) in [6, 6.07) is 2.50. The van der Waals surface area contributed by atoms with Crippen molar-refractivity contribution in [1.82, 2.24) is 20.4 Å². The van der Waals surface area contributed by atoms with E-state index in [1.165, 1.54) is 0 Å². The Morgan fingerprint density at radius 2 is 2.00 bits per heavy atom. The number of aliphatic imine (C=N–C) groups is 1. The molecule has 0 amide bonds. The Balaban J connectivity index is 0.00000400. The highest BCUT2D eigenvalue weighted by molar-refractivity contribution is 14.0. The minimum Gasteiger partial charge on any atom is -0.357 e. The van der Waals surface area contributed by atoms with Crippen LogP contribution >= 0.6 is 24.0 Å². The molecule has 0 bridgehead atoms. The zero-order valence-electron chi connectivity index (χ0n) is 13.9. The van der Waals surface area contributed by atoms with Crippen molar-refractivity contribution in [3.05, 3.63) is 18.0 Å². The van der Waals surface area contributed by atoms with E-state index < -0.39 is 0 Å². The lowest BCUT2D eigenvalue weighted by Gasteiger charge is -2.11. The predicted octanol–water partition coefficient (Wildman–Crippen LogP) is 2.84. The molecule has 0 fully saturated rings. The molecule has 6 heteroatoms. The van der Waals surface area contributed by atoms with Crippen LogP contribution in [0, 0.1) is 5.92 Å². The highest BCUT2D eigenvalue weighted by Gasteiger charge is 2.03. The average molecular weight is 407 g/mol. The number of hydrogen-bond acceptors (Lipinski definition) is 2. The molecule has 1 rings (SSSR count). The molecule has 0 aliphatic carbocycles. The Labute approximate surface area is 146 Å². The number of halogens is 1. The van der Waals surface area contributed by atoms with E-state index in [0.717, 1.165) is 37.7 Å². The fourth-order valence-electron chi connectivity index (χ4n) is 1.72. The first kappa shape index (κ1) is 20.2. The van der Waals surface area contributed by atoms with Crippen molar-refractivity contribution in [2.24, 2.45) is 10.9 Å². The summed E-state index contributed by atoms with van der Waals surface area (Å²) in [5.74, 6) is 1.47. The zero-order valence-corrected chi connectivity index (χ0v) is 16.2. The third kappa shape index (κ3) is 8.28. The number of aromatic nitrogens is 2. The summed E-state index contributed by atoms with van der Waals surface area (Å²) in [7, 11) is 0. The van der Waals surface area contributed by atoms with Crippen LogP contribution in [0.15, 0.2) is 17.3 Å². The van der Waals surface area contributed by atoms with Crippen LogP contribution in [-0.4, -0.2) is 35.4 Å². The summed E-state index contributed by atoms with van der Waals surface area (Å²) in [5.41, 5.74) is 1.12. The van der Waals surface area contributed by atoms with Gasteiger partial charge in [0.2, 0.25) is 0 Å². The molecular weight excluding hydrogens is 377 g/mol. The van der Waals surface area contributed by atoms with Crippen molar-refractivity contribution < 1.29 is 0 Å². The van der Waals surface area contributed by atoms with E-state index in [0.29, 0.717) is 12.0 Å². The molecule has 2 N–H and O–H groups in total. The summed E-state index contributed by atoms with van der Waals surface area (Å²) in [4.78, 5) is 4.55. The van der Waals surface area contributed by atoms with Crippen molar-refractivity contribution in [2.75, 3.05) is 19.6 Å². The summed E-state index contributed by atoms with van der Waals surface area (Å²) in [6.07, 6.45) is 2.95. The smallest absolute Gasteiger partial charge is 0.191 e. The Kier molecular flexibility index (Phi) is 10.5. The van der Waals surface area contributed by atoms with Crippen molar-refractivity contribution in [3.8, 4) is 0 Å². The number of nitrogens with zero attached hydrogens (tertiary/aromatic N) is 3. The van der Waals surface area contributed by atoms with Crippen molar-refractivity contribution in [3.63, 3.8) is 0 Å². The highest BCUT2D eigenvalue weighted by Crippen LogP contribution is 2.04. The molecule has 0 spiro atoms. The third-order valence-corrected chi connectivity index (χ3v) is 2.83. The quantitative estimate of drug-likeness (QED) is 0.415. The largest absolute Gasteiger partial charge is 0.357 e. The van der Waals surface area contributed by atoms with Crippen molar-refractivity contribution in [1.29, 1.82) is 0 Å². The Morgan fingerprint density at radius 3 is 2.52 bits per heavy atom. The van der Waals surface area contributed by atoms with Gasteiger partial charge in [0.15, 0.2) is 5.96 Å². The standard InChI is InChI=1S/C15H29N5.HI/c1-6-16-15(18-11-12(2)3)17-9-7-14-8-10-20(19-14)13(4)5;/h8,10,12-13H,6-7,9,11H2,1-5H3,(H2,16,17,18);1H. The van der Waals surface area contributed by atoms with Gasteiger partial charge in [-0.25, -0.2) is 0 Å². The average Bonchev–Trinajstić information content (AvgIpc) is 2.85. The van der Waals surface area contributed by atoms with Gasteiger partial charge in [0.25, 0.3) is 0 Å². The molecule has 21 heavy (non-hydrogen) atoms. The molecule has 0 saturated heterocycles. The zero-order chi connectivity index (χ0) is 15.0. The van der Waals surface area contributed by atoms with Gasteiger partial charge in [-0.05, 0) is 32.8 Å². The van der Waals surface area contributed by atoms with Crippen LogP contribution in [0.4, 0.5) is 0 Å². The van der Waals surface area contributed by atoms with Gasteiger partial charge in [-0.1, -0.05) is 13.8 Å². The molecule has 5 nitrogen and oxygen atoms in total. The second kappa shape index (κ2) is 10.9. The summed E-state index contributed by atoms with van der Waals surface area (Å²) < 4.78 is 1.99. The van der Waals surface area contributed by atoms with Crippen molar-refractivity contribution in [2.45, 2.75) is 47.1 Å². The van der Waals surface area contributed by atoms with Gasteiger partial charge in [0.05, 0.1) is 5.69 Å². The predicted molar refractivity (Wildman–Crippen MR) is 101 cm³/mol. The maximum absolute atomic E-state index is 4.55. The van der Waals surface area contributed by atoms with Crippen LogP contribution in [0.3, 0.4) is 0 Å². The minimum atomic E-state index is 0. The third-order valence-electron chi connectivity index (χ3n) is 2.83.